The fourth-order valence-electron chi connectivity index (χ4n) is 1.47. The van der Waals surface area contributed by atoms with Gasteiger partial charge in [0.15, 0.2) is 0 Å². The van der Waals surface area contributed by atoms with E-state index in [2.05, 4.69) is 39.8 Å². The van der Waals surface area contributed by atoms with E-state index < -0.39 is 0 Å². The minimum absolute atomic E-state index is 0.0699. The van der Waals surface area contributed by atoms with Crippen LogP contribution in [0.3, 0.4) is 0 Å². The Morgan fingerprint density at radius 2 is 1.88 bits per heavy atom. The predicted molar refractivity (Wildman–Crippen MR) is 71.2 cm³/mol. The van der Waals surface area contributed by atoms with Gasteiger partial charge >= 0.3 is 0 Å². The van der Waals surface area contributed by atoms with Gasteiger partial charge in [-0.15, -0.1) is 0 Å². The molecule has 0 spiro atoms. The first-order chi connectivity index (χ1) is 8.13. The van der Waals surface area contributed by atoms with Crippen LogP contribution < -0.4 is 15.5 Å². The molecule has 17 heavy (non-hydrogen) atoms. The van der Waals surface area contributed by atoms with E-state index in [1.807, 2.05) is 14.1 Å². The van der Waals surface area contributed by atoms with Crippen molar-refractivity contribution in [3.8, 4) is 0 Å². The fourth-order valence-corrected chi connectivity index (χ4v) is 1.47. The zero-order valence-corrected chi connectivity index (χ0v) is 10.8. The maximum absolute atomic E-state index is 11.0. The molecule has 0 unspecified atom stereocenters. The zero-order chi connectivity index (χ0) is 12.7. The molecule has 0 aliphatic rings. The summed E-state index contributed by atoms with van der Waals surface area (Å²) in [4.78, 5) is 13.1. The van der Waals surface area contributed by atoms with Crippen LogP contribution in [0.25, 0.3) is 0 Å². The summed E-state index contributed by atoms with van der Waals surface area (Å²) in [5, 5.41) is 5.84. The lowest BCUT2D eigenvalue weighted by Gasteiger charge is -2.12. The molecular weight excluding hydrogens is 214 g/mol. The SMILES string of the molecule is CNC(=O)CCNCc1ccc(N(C)C)cc1. The molecule has 94 valence electrons. The highest BCUT2D eigenvalue weighted by molar-refractivity contribution is 5.75. The topological polar surface area (TPSA) is 44.4 Å². The molecule has 0 aliphatic carbocycles. The Labute approximate surface area is 103 Å². The van der Waals surface area contributed by atoms with Crippen molar-refractivity contribution in [2.24, 2.45) is 0 Å². The van der Waals surface area contributed by atoms with Crippen LogP contribution in [0.2, 0.25) is 0 Å². The van der Waals surface area contributed by atoms with Gasteiger partial charge in [0.25, 0.3) is 0 Å². The number of carbonyl (C=O) groups is 1. The Balaban J connectivity index is 2.30. The second kappa shape index (κ2) is 6.91. The summed E-state index contributed by atoms with van der Waals surface area (Å²) in [6, 6.07) is 8.38. The monoisotopic (exact) mass is 235 g/mol. The van der Waals surface area contributed by atoms with E-state index in [0.717, 1.165) is 6.54 Å². The highest BCUT2D eigenvalue weighted by Crippen LogP contribution is 2.11. The van der Waals surface area contributed by atoms with Crippen LogP contribution in [0.5, 0.6) is 0 Å². The number of nitrogens with zero attached hydrogens (tertiary/aromatic N) is 1. The van der Waals surface area contributed by atoms with Gasteiger partial charge in [0, 0.05) is 46.3 Å². The molecule has 1 amide bonds. The van der Waals surface area contributed by atoms with Crippen molar-refractivity contribution in [3.05, 3.63) is 29.8 Å². The zero-order valence-electron chi connectivity index (χ0n) is 10.8. The van der Waals surface area contributed by atoms with Crippen molar-refractivity contribution in [2.75, 3.05) is 32.6 Å². The molecule has 0 saturated heterocycles. The van der Waals surface area contributed by atoms with Gasteiger partial charge in [-0.3, -0.25) is 4.79 Å². The first-order valence-corrected chi connectivity index (χ1v) is 5.81. The molecule has 1 aromatic carbocycles. The van der Waals surface area contributed by atoms with Gasteiger partial charge in [0.2, 0.25) is 5.91 Å². The summed E-state index contributed by atoms with van der Waals surface area (Å²) in [5.74, 6) is 0.0699. The summed E-state index contributed by atoms with van der Waals surface area (Å²) in [6.45, 7) is 1.50. The van der Waals surface area contributed by atoms with Crippen molar-refractivity contribution in [1.82, 2.24) is 10.6 Å². The summed E-state index contributed by atoms with van der Waals surface area (Å²) in [6.07, 6.45) is 0.520. The van der Waals surface area contributed by atoms with E-state index in [0.29, 0.717) is 13.0 Å². The lowest BCUT2D eigenvalue weighted by Crippen LogP contribution is -2.24. The minimum atomic E-state index is 0.0699. The fraction of sp³-hybridized carbons (Fsp3) is 0.462. The van der Waals surface area contributed by atoms with E-state index in [1.165, 1.54) is 11.3 Å². The van der Waals surface area contributed by atoms with Crippen LogP contribution >= 0.6 is 0 Å². The van der Waals surface area contributed by atoms with Gasteiger partial charge in [0.1, 0.15) is 0 Å². The lowest BCUT2D eigenvalue weighted by atomic mass is 10.2. The molecule has 0 heterocycles. The molecule has 4 nitrogen and oxygen atoms in total. The van der Waals surface area contributed by atoms with Crippen molar-refractivity contribution in [3.63, 3.8) is 0 Å². The highest BCUT2D eigenvalue weighted by atomic mass is 16.1. The summed E-state index contributed by atoms with van der Waals surface area (Å²) >= 11 is 0. The molecule has 4 heteroatoms. The average Bonchev–Trinajstić information content (AvgIpc) is 2.34. The number of hydrogen-bond donors (Lipinski definition) is 2. The number of amides is 1. The number of anilines is 1. The van der Waals surface area contributed by atoms with Crippen LogP contribution in [-0.2, 0) is 11.3 Å². The predicted octanol–water partition coefficient (Wildman–Crippen LogP) is 0.978. The number of nitrogens with one attached hydrogen (secondary N) is 2. The van der Waals surface area contributed by atoms with Crippen LogP contribution in [-0.4, -0.2) is 33.6 Å². The molecular formula is C13H21N3O. The van der Waals surface area contributed by atoms with Gasteiger partial charge < -0.3 is 15.5 Å². The molecule has 2 N–H and O–H groups in total. The Morgan fingerprint density at radius 3 is 2.41 bits per heavy atom. The van der Waals surface area contributed by atoms with E-state index in [-0.39, 0.29) is 5.91 Å². The molecule has 1 aromatic rings. The Hall–Kier alpha value is -1.55. The minimum Gasteiger partial charge on any atom is -0.378 e. The maximum atomic E-state index is 11.0. The van der Waals surface area contributed by atoms with E-state index in [1.54, 1.807) is 7.05 Å². The average molecular weight is 235 g/mol. The maximum Gasteiger partial charge on any atom is 0.221 e. The molecule has 1 rings (SSSR count). The summed E-state index contributed by atoms with van der Waals surface area (Å²) < 4.78 is 0. The summed E-state index contributed by atoms with van der Waals surface area (Å²) in [5.41, 5.74) is 2.42. The third-order valence-electron chi connectivity index (χ3n) is 2.59. The Bertz CT molecular complexity index is 346. The number of rotatable bonds is 6. The normalized spacial score (nSPS) is 10.1. The van der Waals surface area contributed by atoms with Gasteiger partial charge in [0.05, 0.1) is 0 Å². The van der Waals surface area contributed by atoms with E-state index in [9.17, 15) is 4.79 Å². The van der Waals surface area contributed by atoms with Crippen molar-refractivity contribution < 1.29 is 4.79 Å². The highest BCUT2D eigenvalue weighted by Gasteiger charge is 1.98. The first kappa shape index (κ1) is 13.5. The van der Waals surface area contributed by atoms with Crippen LogP contribution in [0.15, 0.2) is 24.3 Å². The van der Waals surface area contributed by atoms with Crippen LogP contribution in [0, 0.1) is 0 Å². The molecule has 0 aromatic heterocycles. The standard InChI is InChI=1S/C13H21N3O/c1-14-13(17)8-9-15-10-11-4-6-12(7-5-11)16(2)3/h4-7,15H,8-10H2,1-3H3,(H,14,17). The third kappa shape index (κ3) is 4.87. The van der Waals surface area contributed by atoms with E-state index in [4.69, 9.17) is 0 Å². The van der Waals surface area contributed by atoms with E-state index >= 15 is 0 Å². The first-order valence-electron chi connectivity index (χ1n) is 5.81. The van der Waals surface area contributed by atoms with Gasteiger partial charge in [-0.1, -0.05) is 12.1 Å². The lowest BCUT2D eigenvalue weighted by molar-refractivity contribution is -0.120. The second-order valence-corrected chi connectivity index (χ2v) is 4.16. The molecule has 0 saturated carbocycles. The quantitative estimate of drug-likeness (QED) is 0.722. The van der Waals surface area contributed by atoms with Crippen molar-refractivity contribution >= 4 is 11.6 Å². The van der Waals surface area contributed by atoms with Crippen molar-refractivity contribution in [2.45, 2.75) is 13.0 Å². The number of hydrogen-bond acceptors (Lipinski definition) is 3. The largest absolute Gasteiger partial charge is 0.378 e. The van der Waals surface area contributed by atoms with Gasteiger partial charge in [-0.2, -0.15) is 0 Å². The number of carbonyl (C=O) groups excluding carboxylic acids is 1. The van der Waals surface area contributed by atoms with Crippen LogP contribution in [0.1, 0.15) is 12.0 Å². The smallest absolute Gasteiger partial charge is 0.221 e. The van der Waals surface area contributed by atoms with Crippen molar-refractivity contribution in [1.29, 1.82) is 0 Å². The van der Waals surface area contributed by atoms with Crippen LogP contribution in [0.4, 0.5) is 5.69 Å². The molecule has 0 aliphatic heterocycles. The Morgan fingerprint density at radius 1 is 1.24 bits per heavy atom. The molecule has 0 fully saturated rings. The van der Waals surface area contributed by atoms with Gasteiger partial charge in [-0.05, 0) is 17.7 Å². The third-order valence-corrected chi connectivity index (χ3v) is 2.59. The van der Waals surface area contributed by atoms with Gasteiger partial charge in [-0.25, -0.2) is 0 Å². The summed E-state index contributed by atoms with van der Waals surface area (Å²) in [7, 11) is 5.70. The number of benzene rings is 1. The second-order valence-electron chi connectivity index (χ2n) is 4.16. The molecule has 0 atom stereocenters. The molecule has 0 radical (unpaired) electrons. The Kier molecular flexibility index (Phi) is 5.49. The molecule has 0 bridgehead atoms.